The third kappa shape index (κ3) is 3.83. The van der Waals surface area contributed by atoms with Crippen LogP contribution in [0, 0.1) is 10.1 Å². The third-order valence-corrected chi connectivity index (χ3v) is 3.71. The first-order chi connectivity index (χ1) is 9.38. The monoisotopic (exact) mass is 298 g/mol. The van der Waals surface area contributed by atoms with Crippen molar-refractivity contribution < 1.29 is 9.72 Å². The zero-order chi connectivity index (χ0) is 15.3. The minimum Gasteiger partial charge on any atom is -0.383 e. The lowest BCUT2D eigenvalue weighted by atomic mass is 10.1. The molecule has 0 saturated heterocycles. The summed E-state index contributed by atoms with van der Waals surface area (Å²) in [5.74, 6) is 0.582. The van der Waals surface area contributed by atoms with E-state index in [0.29, 0.717) is 0 Å². The van der Waals surface area contributed by atoms with Crippen LogP contribution in [0.4, 0.5) is 11.5 Å². The Labute approximate surface area is 121 Å². The van der Waals surface area contributed by atoms with Crippen molar-refractivity contribution in [3.63, 3.8) is 0 Å². The van der Waals surface area contributed by atoms with E-state index >= 15 is 0 Å². The average molecular weight is 298 g/mol. The van der Waals surface area contributed by atoms with Gasteiger partial charge in [-0.1, -0.05) is 0 Å². The van der Waals surface area contributed by atoms with Gasteiger partial charge in [-0.3, -0.25) is 14.9 Å². The van der Waals surface area contributed by atoms with Gasteiger partial charge in [-0.15, -0.1) is 0 Å². The van der Waals surface area contributed by atoms with Crippen LogP contribution in [0.25, 0.3) is 0 Å². The second-order valence-corrected chi connectivity index (χ2v) is 5.42. The van der Waals surface area contributed by atoms with Gasteiger partial charge in [-0.25, -0.2) is 4.98 Å². The molecule has 0 spiro atoms. The van der Waals surface area contributed by atoms with Gasteiger partial charge in [0.15, 0.2) is 0 Å². The number of nitrogens with zero attached hydrogens (tertiary/aromatic N) is 3. The molecule has 0 saturated carbocycles. The van der Waals surface area contributed by atoms with Crippen molar-refractivity contribution in [1.82, 2.24) is 9.88 Å². The number of aromatic nitrogens is 1. The Bertz CT molecular complexity index is 509. The van der Waals surface area contributed by atoms with Crippen LogP contribution in [0.2, 0.25) is 0 Å². The lowest BCUT2D eigenvalue weighted by Gasteiger charge is -2.25. The van der Waals surface area contributed by atoms with E-state index in [1.54, 1.807) is 18.8 Å². The number of hydrogen-bond acceptors (Lipinski definition) is 6. The lowest BCUT2D eigenvalue weighted by Crippen LogP contribution is -2.36. The van der Waals surface area contributed by atoms with Crippen LogP contribution < -0.4 is 5.73 Å². The Balaban J connectivity index is 2.96. The molecule has 1 aromatic rings. The standard InChI is InChI=1S/C12H18N4O3S/c1-8(4-5-20-3)15(2)12(17)10-6-9(16(18)19)7-14-11(10)13/h6-8H,4-5H2,1-3H3,(H2,13,14). The van der Waals surface area contributed by atoms with E-state index in [9.17, 15) is 14.9 Å². The van der Waals surface area contributed by atoms with E-state index < -0.39 is 4.92 Å². The fourth-order valence-corrected chi connectivity index (χ4v) is 2.18. The Morgan fingerprint density at radius 1 is 1.65 bits per heavy atom. The summed E-state index contributed by atoms with van der Waals surface area (Å²) in [6.07, 6.45) is 3.88. The molecule has 20 heavy (non-hydrogen) atoms. The van der Waals surface area contributed by atoms with Crippen molar-refractivity contribution in [2.45, 2.75) is 19.4 Å². The van der Waals surface area contributed by atoms with E-state index in [4.69, 9.17) is 5.73 Å². The maximum absolute atomic E-state index is 12.3. The van der Waals surface area contributed by atoms with Crippen LogP contribution in [0.3, 0.4) is 0 Å². The van der Waals surface area contributed by atoms with Crippen LogP contribution in [-0.4, -0.2) is 45.8 Å². The fourth-order valence-electron chi connectivity index (χ4n) is 1.61. The summed E-state index contributed by atoms with van der Waals surface area (Å²) in [4.78, 5) is 27.7. The molecule has 8 heteroatoms. The molecule has 1 heterocycles. The molecule has 0 radical (unpaired) electrons. The summed E-state index contributed by atoms with van der Waals surface area (Å²) in [6, 6.07) is 1.19. The van der Waals surface area contributed by atoms with Crippen molar-refractivity contribution in [2.75, 3.05) is 24.8 Å². The predicted molar refractivity (Wildman–Crippen MR) is 79.9 cm³/mol. The number of nitro groups is 1. The first-order valence-electron chi connectivity index (χ1n) is 6.04. The normalized spacial score (nSPS) is 11.9. The maximum Gasteiger partial charge on any atom is 0.288 e. The van der Waals surface area contributed by atoms with Crippen LogP contribution >= 0.6 is 11.8 Å². The lowest BCUT2D eigenvalue weighted by molar-refractivity contribution is -0.385. The van der Waals surface area contributed by atoms with Gasteiger partial charge in [0, 0.05) is 19.2 Å². The summed E-state index contributed by atoms with van der Waals surface area (Å²) in [6.45, 7) is 1.93. The van der Waals surface area contributed by atoms with Crippen molar-refractivity contribution in [2.24, 2.45) is 0 Å². The molecular formula is C12H18N4O3S. The molecule has 1 amide bonds. The highest BCUT2D eigenvalue weighted by atomic mass is 32.2. The van der Waals surface area contributed by atoms with Crippen LogP contribution in [-0.2, 0) is 0 Å². The number of hydrogen-bond donors (Lipinski definition) is 1. The molecule has 0 aliphatic heterocycles. The van der Waals surface area contributed by atoms with E-state index in [-0.39, 0.29) is 29.0 Å². The van der Waals surface area contributed by atoms with E-state index in [2.05, 4.69) is 4.98 Å². The Hall–Kier alpha value is -1.83. The first-order valence-corrected chi connectivity index (χ1v) is 7.43. The van der Waals surface area contributed by atoms with Crippen molar-refractivity contribution in [3.05, 3.63) is 27.9 Å². The van der Waals surface area contributed by atoms with Gasteiger partial charge in [0.25, 0.3) is 11.6 Å². The smallest absolute Gasteiger partial charge is 0.288 e. The number of anilines is 1. The number of pyridine rings is 1. The second-order valence-electron chi connectivity index (χ2n) is 4.43. The molecule has 0 bridgehead atoms. The van der Waals surface area contributed by atoms with Crippen molar-refractivity contribution in [1.29, 1.82) is 0 Å². The third-order valence-electron chi connectivity index (χ3n) is 3.07. The fraction of sp³-hybridized carbons (Fsp3) is 0.500. The highest BCUT2D eigenvalue weighted by Crippen LogP contribution is 2.19. The quantitative estimate of drug-likeness (QED) is 0.634. The molecule has 1 unspecified atom stereocenters. The minimum absolute atomic E-state index is 0.00418. The molecule has 1 atom stereocenters. The van der Waals surface area contributed by atoms with Gasteiger partial charge in [0.2, 0.25) is 0 Å². The van der Waals surface area contributed by atoms with Crippen molar-refractivity contribution in [3.8, 4) is 0 Å². The Morgan fingerprint density at radius 3 is 2.85 bits per heavy atom. The largest absolute Gasteiger partial charge is 0.383 e. The molecule has 0 fully saturated rings. The molecule has 1 rings (SSSR count). The molecule has 0 aliphatic rings. The highest BCUT2D eigenvalue weighted by Gasteiger charge is 2.22. The number of thioether (sulfide) groups is 1. The van der Waals surface area contributed by atoms with Gasteiger partial charge in [0.1, 0.15) is 12.0 Å². The molecule has 1 aromatic heterocycles. The molecule has 2 N–H and O–H groups in total. The zero-order valence-corrected chi connectivity index (χ0v) is 12.5. The van der Waals surface area contributed by atoms with Gasteiger partial charge in [-0.2, -0.15) is 11.8 Å². The van der Waals surface area contributed by atoms with Gasteiger partial charge in [0.05, 0.1) is 10.5 Å². The van der Waals surface area contributed by atoms with E-state index in [1.807, 2.05) is 13.2 Å². The summed E-state index contributed by atoms with van der Waals surface area (Å²) in [7, 11) is 1.66. The average Bonchev–Trinajstić information content (AvgIpc) is 2.43. The second kappa shape index (κ2) is 7.09. The number of nitrogen functional groups attached to an aromatic ring is 1. The van der Waals surface area contributed by atoms with E-state index in [0.717, 1.165) is 18.4 Å². The van der Waals surface area contributed by atoms with Gasteiger partial charge >= 0.3 is 0 Å². The topological polar surface area (TPSA) is 102 Å². The molecule has 7 nitrogen and oxygen atoms in total. The first kappa shape index (κ1) is 16.2. The summed E-state index contributed by atoms with van der Waals surface area (Å²) < 4.78 is 0. The van der Waals surface area contributed by atoms with Gasteiger partial charge in [-0.05, 0) is 25.4 Å². The minimum atomic E-state index is -0.597. The molecule has 0 aromatic carbocycles. The van der Waals surface area contributed by atoms with Crippen molar-refractivity contribution >= 4 is 29.2 Å². The summed E-state index contributed by atoms with van der Waals surface area (Å²) >= 11 is 1.70. The predicted octanol–water partition coefficient (Wildman–Crippen LogP) is 1.79. The van der Waals surface area contributed by atoms with E-state index in [1.165, 1.54) is 11.0 Å². The number of nitrogens with two attached hydrogens (primary N) is 1. The van der Waals surface area contributed by atoms with Crippen LogP contribution in [0.5, 0.6) is 0 Å². The molecular weight excluding hydrogens is 280 g/mol. The number of carbonyl (C=O) groups excluding carboxylic acids is 1. The summed E-state index contributed by atoms with van der Waals surface area (Å²) in [5.41, 5.74) is 5.47. The number of carbonyl (C=O) groups is 1. The number of amides is 1. The Morgan fingerprint density at radius 2 is 2.30 bits per heavy atom. The molecule has 110 valence electrons. The Kier molecular flexibility index (Phi) is 5.75. The molecule has 0 aliphatic carbocycles. The van der Waals surface area contributed by atoms with Crippen LogP contribution in [0.15, 0.2) is 12.3 Å². The zero-order valence-electron chi connectivity index (χ0n) is 11.7. The SMILES string of the molecule is CSCCC(C)N(C)C(=O)c1cc([N+](=O)[O-])cnc1N. The van der Waals surface area contributed by atoms with Crippen LogP contribution in [0.1, 0.15) is 23.7 Å². The maximum atomic E-state index is 12.3. The van der Waals surface area contributed by atoms with Gasteiger partial charge < -0.3 is 10.6 Å². The summed E-state index contributed by atoms with van der Waals surface area (Å²) in [5, 5.41) is 10.7. The highest BCUT2D eigenvalue weighted by molar-refractivity contribution is 7.98. The number of rotatable bonds is 6.